The highest BCUT2D eigenvalue weighted by molar-refractivity contribution is 9.10. The minimum atomic E-state index is -0.475. The average Bonchev–Trinajstić information content (AvgIpc) is 2.71. The fourth-order valence-corrected chi connectivity index (χ4v) is 2.60. The third-order valence-corrected chi connectivity index (χ3v) is 4.39. The van der Waals surface area contributed by atoms with Crippen LogP contribution in [0.15, 0.2) is 22.8 Å². The van der Waals surface area contributed by atoms with E-state index >= 15 is 0 Å². The molecule has 2 aromatic rings. The maximum atomic E-state index is 13.7. The van der Waals surface area contributed by atoms with Crippen molar-refractivity contribution in [2.24, 2.45) is 0 Å². The molecule has 0 amide bonds. The summed E-state index contributed by atoms with van der Waals surface area (Å²) in [7, 11) is 0. The Morgan fingerprint density at radius 3 is 2.82 bits per heavy atom. The molecule has 0 atom stereocenters. The van der Waals surface area contributed by atoms with Crippen LogP contribution in [0.3, 0.4) is 0 Å². The first kappa shape index (κ1) is 13.1. The number of hydrogen-bond donors (Lipinski definition) is 1. The third kappa shape index (κ3) is 3.10. The largest absolute Gasteiger partial charge is 0.378 e. The van der Waals surface area contributed by atoms with Gasteiger partial charge in [-0.3, -0.25) is 0 Å². The van der Waals surface area contributed by atoms with Gasteiger partial charge in [0.1, 0.15) is 0 Å². The van der Waals surface area contributed by atoms with Crippen molar-refractivity contribution in [2.45, 2.75) is 6.54 Å². The molecule has 0 fully saturated rings. The SMILES string of the molecule is Fc1c(NCc2cnc(Cl)s2)ccc(Br)c1Cl. The minimum Gasteiger partial charge on any atom is -0.378 e. The Kier molecular flexibility index (Phi) is 4.25. The molecule has 0 aliphatic heterocycles. The molecule has 0 saturated heterocycles. The number of halogens is 4. The van der Waals surface area contributed by atoms with Crippen molar-refractivity contribution in [1.82, 2.24) is 4.98 Å². The van der Waals surface area contributed by atoms with Crippen molar-refractivity contribution >= 4 is 56.2 Å². The van der Waals surface area contributed by atoms with E-state index in [0.717, 1.165) is 4.88 Å². The van der Waals surface area contributed by atoms with E-state index in [-0.39, 0.29) is 5.02 Å². The van der Waals surface area contributed by atoms with Crippen LogP contribution in [0.4, 0.5) is 10.1 Å². The lowest BCUT2D eigenvalue weighted by molar-refractivity contribution is 0.630. The number of hydrogen-bond acceptors (Lipinski definition) is 3. The van der Waals surface area contributed by atoms with Crippen LogP contribution in [0.1, 0.15) is 4.88 Å². The summed E-state index contributed by atoms with van der Waals surface area (Å²) in [5.41, 5.74) is 0.350. The molecule has 0 bridgehead atoms. The molecule has 2 nitrogen and oxygen atoms in total. The van der Waals surface area contributed by atoms with Crippen LogP contribution in [0.5, 0.6) is 0 Å². The Morgan fingerprint density at radius 1 is 1.41 bits per heavy atom. The zero-order valence-corrected chi connectivity index (χ0v) is 12.2. The maximum Gasteiger partial charge on any atom is 0.183 e. The van der Waals surface area contributed by atoms with E-state index < -0.39 is 5.82 Å². The molecule has 17 heavy (non-hydrogen) atoms. The van der Waals surface area contributed by atoms with Crippen LogP contribution < -0.4 is 5.32 Å². The monoisotopic (exact) mass is 354 g/mol. The van der Waals surface area contributed by atoms with Crippen LogP contribution >= 0.6 is 50.5 Å². The molecular weight excluding hydrogens is 350 g/mol. The Morgan fingerprint density at radius 2 is 2.18 bits per heavy atom. The molecule has 0 radical (unpaired) electrons. The van der Waals surface area contributed by atoms with E-state index in [1.165, 1.54) is 11.3 Å². The molecule has 0 aliphatic rings. The second-order valence-corrected chi connectivity index (χ2v) is 6.09. The molecule has 1 aromatic carbocycles. The van der Waals surface area contributed by atoms with Gasteiger partial charge in [0.15, 0.2) is 10.3 Å². The second kappa shape index (κ2) is 5.52. The topological polar surface area (TPSA) is 24.9 Å². The molecule has 0 spiro atoms. The van der Waals surface area contributed by atoms with Gasteiger partial charge < -0.3 is 5.32 Å². The smallest absolute Gasteiger partial charge is 0.183 e. The Hall–Kier alpha value is -0.360. The second-order valence-electron chi connectivity index (χ2n) is 3.16. The van der Waals surface area contributed by atoms with Gasteiger partial charge in [0.05, 0.1) is 17.3 Å². The number of aromatic nitrogens is 1. The predicted molar refractivity (Wildman–Crippen MR) is 73.6 cm³/mol. The number of anilines is 1. The molecule has 0 saturated carbocycles. The zero-order chi connectivity index (χ0) is 12.4. The van der Waals surface area contributed by atoms with E-state index in [0.29, 0.717) is 21.2 Å². The number of thiazole rings is 1. The highest BCUT2D eigenvalue weighted by Crippen LogP contribution is 2.30. The highest BCUT2D eigenvalue weighted by atomic mass is 79.9. The lowest BCUT2D eigenvalue weighted by atomic mass is 10.3. The van der Waals surface area contributed by atoms with Gasteiger partial charge in [0, 0.05) is 15.5 Å². The van der Waals surface area contributed by atoms with Crippen molar-refractivity contribution < 1.29 is 4.39 Å². The fourth-order valence-electron chi connectivity index (χ4n) is 1.21. The summed E-state index contributed by atoms with van der Waals surface area (Å²) >= 11 is 16.0. The Labute approximate surface area is 120 Å². The quantitative estimate of drug-likeness (QED) is 0.786. The normalized spacial score (nSPS) is 10.6. The first-order chi connectivity index (χ1) is 8.08. The zero-order valence-electron chi connectivity index (χ0n) is 8.31. The molecule has 0 unspecified atom stereocenters. The Bertz CT molecular complexity index is 547. The van der Waals surface area contributed by atoms with Crippen molar-refractivity contribution in [3.05, 3.63) is 43.0 Å². The van der Waals surface area contributed by atoms with E-state index in [2.05, 4.69) is 26.2 Å². The van der Waals surface area contributed by atoms with Gasteiger partial charge in [-0.2, -0.15) is 0 Å². The van der Waals surface area contributed by atoms with E-state index in [4.69, 9.17) is 23.2 Å². The Balaban J connectivity index is 2.12. The minimum absolute atomic E-state index is 0.0670. The number of rotatable bonds is 3. The summed E-state index contributed by atoms with van der Waals surface area (Å²) in [4.78, 5) is 4.82. The van der Waals surface area contributed by atoms with Crippen LogP contribution in [0.25, 0.3) is 0 Å². The van der Waals surface area contributed by atoms with Crippen LogP contribution in [-0.4, -0.2) is 4.98 Å². The van der Waals surface area contributed by atoms with Gasteiger partial charge in [-0.1, -0.05) is 23.2 Å². The van der Waals surface area contributed by atoms with Crippen molar-refractivity contribution in [3.63, 3.8) is 0 Å². The fraction of sp³-hybridized carbons (Fsp3) is 0.100. The molecule has 1 heterocycles. The predicted octanol–water partition coefficient (Wildman–Crippen LogP) is 4.96. The lowest BCUT2D eigenvalue weighted by Crippen LogP contribution is -2.00. The molecule has 0 aliphatic carbocycles. The molecule has 90 valence electrons. The summed E-state index contributed by atoms with van der Waals surface area (Å²) in [5.74, 6) is -0.475. The number of nitrogens with one attached hydrogen (secondary N) is 1. The van der Waals surface area contributed by atoms with Gasteiger partial charge >= 0.3 is 0 Å². The van der Waals surface area contributed by atoms with Gasteiger partial charge in [-0.25, -0.2) is 9.37 Å². The first-order valence-corrected chi connectivity index (χ1v) is 6.92. The summed E-state index contributed by atoms with van der Waals surface area (Å²) in [6, 6.07) is 3.31. The third-order valence-electron chi connectivity index (χ3n) is 2.01. The van der Waals surface area contributed by atoms with Crippen LogP contribution in [-0.2, 0) is 6.54 Å². The van der Waals surface area contributed by atoms with E-state index in [9.17, 15) is 4.39 Å². The van der Waals surface area contributed by atoms with Gasteiger partial charge in [0.2, 0.25) is 0 Å². The van der Waals surface area contributed by atoms with Crippen molar-refractivity contribution in [3.8, 4) is 0 Å². The molecular formula is C10H6BrCl2FN2S. The van der Waals surface area contributed by atoms with Gasteiger partial charge in [-0.15, -0.1) is 11.3 Å². The number of benzene rings is 1. The van der Waals surface area contributed by atoms with Crippen LogP contribution in [0.2, 0.25) is 9.49 Å². The van der Waals surface area contributed by atoms with Crippen LogP contribution in [0, 0.1) is 5.82 Å². The van der Waals surface area contributed by atoms with Gasteiger partial charge in [-0.05, 0) is 28.1 Å². The van der Waals surface area contributed by atoms with Gasteiger partial charge in [0.25, 0.3) is 0 Å². The molecule has 7 heteroatoms. The summed E-state index contributed by atoms with van der Waals surface area (Å²) in [6.07, 6.45) is 1.65. The molecule has 1 N–H and O–H groups in total. The van der Waals surface area contributed by atoms with Crippen molar-refractivity contribution in [1.29, 1.82) is 0 Å². The van der Waals surface area contributed by atoms with Crippen molar-refractivity contribution in [2.75, 3.05) is 5.32 Å². The number of nitrogens with zero attached hydrogens (tertiary/aromatic N) is 1. The summed E-state index contributed by atoms with van der Waals surface area (Å²) < 4.78 is 14.7. The summed E-state index contributed by atoms with van der Waals surface area (Å²) in [6.45, 7) is 0.458. The standard InChI is InChI=1S/C10H6BrCl2FN2S/c11-6-1-2-7(9(14)8(6)12)15-3-5-4-16-10(13)17-5/h1-2,4,15H,3H2. The highest BCUT2D eigenvalue weighted by Gasteiger charge is 2.10. The van der Waals surface area contributed by atoms with E-state index in [1.807, 2.05) is 0 Å². The maximum absolute atomic E-state index is 13.7. The lowest BCUT2D eigenvalue weighted by Gasteiger charge is -2.07. The average molecular weight is 356 g/mol. The molecule has 1 aromatic heterocycles. The first-order valence-electron chi connectivity index (χ1n) is 4.55. The van der Waals surface area contributed by atoms with E-state index in [1.54, 1.807) is 18.3 Å². The molecule has 2 rings (SSSR count). The summed E-state index contributed by atoms with van der Waals surface area (Å²) in [5, 5.41) is 3.01.